The van der Waals surface area contributed by atoms with E-state index in [2.05, 4.69) is 31.2 Å². The van der Waals surface area contributed by atoms with Crippen LogP contribution in [0.5, 0.6) is 5.75 Å². The van der Waals surface area contributed by atoms with Crippen LogP contribution in [-0.2, 0) is 0 Å². The number of nitrogens with zero attached hydrogens (tertiary/aromatic N) is 2. The Kier molecular flexibility index (Phi) is 4.15. The topological polar surface area (TPSA) is 47.0 Å². The fraction of sp³-hybridized carbons (Fsp3) is 0.231. The maximum atomic E-state index is 5.40. The molecule has 4 nitrogen and oxygen atoms in total. The van der Waals surface area contributed by atoms with Crippen molar-refractivity contribution >= 4 is 21.7 Å². The van der Waals surface area contributed by atoms with E-state index in [9.17, 15) is 0 Å². The summed E-state index contributed by atoms with van der Waals surface area (Å²) < 4.78 is 6.25. The van der Waals surface area contributed by atoms with Crippen LogP contribution in [-0.4, -0.2) is 23.6 Å². The number of anilines is 1. The van der Waals surface area contributed by atoms with Crippen LogP contribution in [0.3, 0.4) is 0 Å². The molecule has 1 aromatic heterocycles. The number of halogens is 1. The summed E-state index contributed by atoms with van der Waals surface area (Å²) in [5.74, 6) is 2.31. The average Bonchev–Trinajstić information content (AvgIpc) is 2.41. The molecule has 0 amide bonds. The first-order valence-corrected chi connectivity index (χ1v) is 6.47. The molecule has 0 fully saturated rings. The lowest BCUT2D eigenvalue weighted by Crippen LogP contribution is -1.97. The van der Waals surface area contributed by atoms with Crippen molar-refractivity contribution in [2.45, 2.75) is 6.92 Å². The van der Waals surface area contributed by atoms with Gasteiger partial charge in [-0.05, 0) is 47.1 Å². The highest BCUT2D eigenvalue weighted by molar-refractivity contribution is 9.10. The zero-order chi connectivity index (χ0) is 13.0. The fourth-order valence-electron chi connectivity index (χ4n) is 1.55. The molecule has 1 aromatic carbocycles. The second-order valence-electron chi connectivity index (χ2n) is 3.60. The molecule has 0 aliphatic heterocycles. The molecule has 0 bridgehead atoms. The predicted molar refractivity (Wildman–Crippen MR) is 75.9 cm³/mol. The zero-order valence-corrected chi connectivity index (χ0v) is 11.9. The average molecular weight is 308 g/mol. The zero-order valence-electron chi connectivity index (χ0n) is 10.3. The van der Waals surface area contributed by atoms with Crippen molar-refractivity contribution in [2.24, 2.45) is 0 Å². The van der Waals surface area contributed by atoms with E-state index in [1.165, 1.54) is 0 Å². The standard InChI is InChI=1S/C13H14BrN3O/c1-3-18-10-6-4-9(5-7-10)12-16-8-11(14)13(15-2)17-12/h4-8H,3H2,1-2H3,(H,15,16,17). The van der Waals surface area contributed by atoms with Gasteiger partial charge in [0.15, 0.2) is 5.82 Å². The van der Waals surface area contributed by atoms with Gasteiger partial charge in [-0.3, -0.25) is 0 Å². The quantitative estimate of drug-likeness (QED) is 0.941. The van der Waals surface area contributed by atoms with Gasteiger partial charge >= 0.3 is 0 Å². The van der Waals surface area contributed by atoms with Crippen LogP contribution in [0.4, 0.5) is 5.82 Å². The van der Waals surface area contributed by atoms with Gasteiger partial charge in [0.2, 0.25) is 0 Å². The SMILES string of the molecule is CCOc1ccc(-c2ncc(Br)c(NC)n2)cc1. The minimum Gasteiger partial charge on any atom is -0.494 e. The Morgan fingerprint density at radius 1 is 1.28 bits per heavy atom. The number of nitrogens with one attached hydrogen (secondary N) is 1. The van der Waals surface area contributed by atoms with Crippen molar-refractivity contribution in [3.63, 3.8) is 0 Å². The Morgan fingerprint density at radius 3 is 2.61 bits per heavy atom. The first-order chi connectivity index (χ1) is 8.74. The monoisotopic (exact) mass is 307 g/mol. The lowest BCUT2D eigenvalue weighted by atomic mass is 10.2. The Morgan fingerprint density at radius 2 is 2.00 bits per heavy atom. The van der Waals surface area contributed by atoms with Gasteiger partial charge in [0.25, 0.3) is 0 Å². The lowest BCUT2D eigenvalue weighted by molar-refractivity contribution is 0.340. The Hall–Kier alpha value is -1.62. The van der Waals surface area contributed by atoms with Crippen LogP contribution in [0.15, 0.2) is 34.9 Å². The third-order valence-electron chi connectivity index (χ3n) is 2.40. The summed E-state index contributed by atoms with van der Waals surface area (Å²) in [7, 11) is 1.83. The van der Waals surface area contributed by atoms with Gasteiger partial charge < -0.3 is 10.1 Å². The second-order valence-corrected chi connectivity index (χ2v) is 4.45. The maximum Gasteiger partial charge on any atom is 0.161 e. The van der Waals surface area contributed by atoms with Crippen LogP contribution in [0.1, 0.15) is 6.92 Å². The van der Waals surface area contributed by atoms with E-state index >= 15 is 0 Å². The Labute approximate surface area is 115 Å². The number of ether oxygens (including phenoxy) is 1. The summed E-state index contributed by atoms with van der Waals surface area (Å²) in [6, 6.07) is 7.74. The molecule has 1 heterocycles. The lowest BCUT2D eigenvalue weighted by Gasteiger charge is -2.06. The smallest absolute Gasteiger partial charge is 0.161 e. The van der Waals surface area contributed by atoms with Gasteiger partial charge in [0.1, 0.15) is 11.6 Å². The van der Waals surface area contributed by atoms with Crippen molar-refractivity contribution in [1.29, 1.82) is 0 Å². The molecule has 2 rings (SSSR count). The molecule has 0 unspecified atom stereocenters. The number of hydrogen-bond donors (Lipinski definition) is 1. The van der Waals surface area contributed by atoms with Crippen LogP contribution >= 0.6 is 15.9 Å². The predicted octanol–water partition coefficient (Wildman–Crippen LogP) is 3.35. The van der Waals surface area contributed by atoms with Gasteiger partial charge in [-0.1, -0.05) is 0 Å². The van der Waals surface area contributed by atoms with Crippen molar-refractivity contribution in [2.75, 3.05) is 19.0 Å². The number of rotatable bonds is 4. The minimum absolute atomic E-state index is 0.665. The molecule has 0 aliphatic carbocycles. The van der Waals surface area contributed by atoms with Gasteiger partial charge in [-0.2, -0.15) is 0 Å². The van der Waals surface area contributed by atoms with Crippen LogP contribution in [0, 0.1) is 0 Å². The summed E-state index contributed by atoms with van der Waals surface area (Å²) in [4.78, 5) is 8.72. The second kappa shape index (κ2) is 5.82. The summed E-state index contributed by atoms with van der Waals surface area (Å²) in [6.07, 6.45) is 1.74. The highest BCUT2D eigenvalue weighted by Crippen LogP contribution is 2.24. The third kappa shape index (κ3) is 2.79. The van der Waals surface area contributed by atoms with E-state index in [0.717, 1.165) is 21.6 Å². The van der Waals surface area contributed by atoms with Gasteiger partial charge in [-0.15, -0.1) is 0 Å². The van der Waals surface area contributed by atoms with Crippen LogP contribution in [0.25, 0.3) is 11.4 Å². The normalized spacial score (nSPS) is 10.2. The van der Waals surface area contributed by atoms with Crippen molar-refractivity contribution in [3.8, 4) is 17.1 Å². The van der Waals surface area contributed by atoms with Crippen molar-refractivity contribution in [3.05, 3.63) is 34.9 Å². The van der Waals surface area contributed by atoms with E-state index in [-0.39, 0.29) is 0 Å². The first-order valence-electron chi connectivity index (χ1n) is 5.68. The molecule has 0 saturated heterocycles. The molecule has 0 atom stereocenters. The number of hydrogen-bond acceptors (Lipinski definition) is 4. The molecule has 0 radical (unpaired) electrons. The summed E-state index contributed by atoms with van der Waals surface area (Å²) in [6.45, 7) is 2.63. The van der Waals surface area contributed by atoms with E-state index in [0.29, 0.717) is 12.4 Å². The molecular formula is C13H14BrN3O. The molecule has 2 aromatic rings. The van der Waals surface area contributed by atoms with Crippen LogP contribution < -0.4 is 10.1 Å². The van der Waals surface area contributed by atoms with Crippen molar-refractivity contribution < 1.29 is 4.74 Å². The first kappa shape index (κ1) is 12.8. The van der Waals surface area contributed by atoms with E-state index in [1.807, 2.05) is 38.2 Å². The van der Waals surface area contributed by atoms with Gasteiger partial charge in [-0.25, -0.2) is 9.97 Å². The molecule has 18 heavy (non-hydrogen) atoms. The van der Waals surface area contributed by atoms with Gasteiger partial charge in [0, 0.05) is 18.8 Å². The molecule has 0 aliphatic rings. The fourth-order valence-corrected chi connectivity index (χ4v) is 1.94. The molecular weight excluding hydrogens is 294 g/mol. The highest BCUT2D eigenvalue weighted by atomic mass is 79.9. The molecule has 0 spiro atoms. The van der Waals surface area contributed by atoms with E-state index < -0.39 is 0 Å². The summed E-state index contributed by atoms with van der Waals surface area (Å²) in [5.41, 5.74) is 0.961. The molecule has 5 heteroatoms. The van der Waals surface area contributed by atoms with E-state index in [1.54, 1.807) is 6.20 Å². The molecule has 1 N–H and O–H groups in total. The van der Waals surface area contributed by atoms with Gasteiger partial charge in [0.05, 0.1) is 11.1 Å². The largest absolute Gasteiger partial charge is 0.494 e. The molecule has 94 valence electrons. The highest BCUT2D eigenvalue weighted by Gasteiger charge is 2.05. The Bertz CT molecular complexity index is 528. The van der Waals surface area contributed by atoms with Crippen LogP contribution in [0.2, 0.25) is 0 Å². The minimum atomic E-state index is 0.665. The molecule has 0 saturated carbocycles. The Balaban J connectivity index is 2.30. The van der Waals surface area contributed by atoms with Crippen molar-refractivity contribution in [1.82, 2.24) is 9.97 Å². The maximum absolute atomic E-state index is 5.40. The number of benzene rings is 1. The summed E-state index contributed by atoms with van der Waals surface area (Å²) in [5, 5.41) is 3.01. The van der Waals surface area contributed by atoms with E-state index in [4.69, 9.17) is 4.74 Å². The third-order valence-corrected chi connectivity index (χ3v) is 2.98. The summed E-state index contributed by atoms with van der Waals surface area (Å²) >= 11 is 3.39. The number of aromatic nitrogens is 2.